The zero-order chi connectivity index (χ0) is 24.8. The summed E-state index contributed by atoms with van der Waals surface area (Å²) in [6.07, 6.45) is 5.14. The number of hydrogen-bond donors (Lipinski definition) is 1. The van der Waals surface area contributed by atoms with Crippen molar-refractivity contribution < 1.29 is 14.3 Å². The second kappa shape index (κ2) is 11.1. The van der Waals surface area contributed by atoms with Crippen LogP contribution in [0, 0.1) is 6.92 Å². The molecule has 178 valence electrons. The summed E-state index contributed by atoms with van der Waals surface area (Å²) < 4.78 is 6.87. The summed E-state index contributed by atoms with van der Waals surface area (Å²) in [6.45, 7) is 6.29. The Hall–Kier alpha value is -3.76. The van der Waals surface area contributed by atoms with Crippen LogP contribution in [0.25, 0.3) is 22.5 Å². The molecular formula is C25H23N5O3S2. The van der Waals surface area contributed by atoms with Gasteiger partial charge < -0.3 is 10.1 Å². The average molecular weight is 506 g/mol. The van der Waals surface area contributed by atoms with Gasteiger partial charge >= 0.3 is 5.97 Å². The van der Waals surface area contributed by atoms with Crippen molar-refractivity contribution in [3.05, 3.63) is 78.0 Å². The monoisotopic (exact) mass is 505 g/mol. The molecule has 0 spiro atoms. The predicted molar refractivity (Wildman–Crippen MR) is 139 cm³/mol. The summed E-state index contributed by atoms with van der Waals surface area (Å²) in [5.41, 5.74) is 3.88. The third-order valence-electron chi connectivity index (χ3n) is 5.08. The van der Waals surface area contributed by atoms with Crippen LogP contribution in [0.3, 0.4) is 0 Å². The molecule has 0 aliphatic heterocycles. The number of pyridine rings is 1. The number of allylic oxidation sites excluding steroid dienone is 1. The molecule has 4 rings (SSSR count). The third-order valence-corrected chi connectivity index (χ3v) is 6.94. The zero-order valence-corrected chi connectivity index (χ0v) is 20.9. The summed E-state index contributed by atoms with van der Waals surface area (Å²) in [5, 5.41) is 14.3. The molecule has 0 bridgehead atoms. The van der Waals surface area contributed by atoms with Crippen molar-refractivity contribution in [2.75, 3.05) is 18.2 Å². The fourth-order valence-electron chi connectivity index (χ4n) is 3.39. The fourth-order valence-corrected chi connectivity index (χ4v) is 5.11. The van der Waals surface area contributed by atoms with E-state index in [0.29, 0.717) is 28.1 Å². The fraction of sp³-hybridized carbons (Fsp3) is 0.160. The molecule has 0 aliphatic rings. The van der Waals surface area contributed by atoms with E-state index in [9.17, 15) is 9.59 Å². The van der Waals surface area contributed by atoms with Crippen LogP contribution in [0.15, 0.2) is 72.0 Å². The molecule has 0 radical (unpaired) electrons. The lowest BCUT2D eigenvalue weighted by atomic mass is 10.0. The maximum atomic E-state index is 12.8. The Bertz CT molecular complexity index is 1350. The number of aryl methyl sites for hydroxylation is 1. The van der Waals surface area contributed by atoms with E-state index in [1.54, 1.807) is 18.5 Å². The number of nitrogens with one attached hydrogen (secondary N) is 1. The van der Waals surface area contributed by atoms with E-state index in [1.807, 2.05) is 53.3 Å². The number of esters is 1. The topological polar surface area (TPSA) is 99.0 Å². The van der Waals surface area contributed by atoms with Crippen molar-refractivity contribution in [3.8, 4) is 22.5 Å². The number of thiophene rings is 1. The van der Waals surface area contributed by atoms with E-state index in [4.69, 9.17) is 4.74 Å². The summed E-state index contributed by atoms with van der Waals surface area (Å²) in [6, 6.07) is 11.6. The summed E-state index contributed by atoms with van der Waals surface area (Å²) >= 11 is 2.54. The van der Waals surface area contributed by atoms with Gasteiger partial charge in [-0.1, -0.05) is 47.7 Å². The number of methoxy groups -OCH3 is 1. The van der Waals surface area contributed by atoms with Gasteiger partial charge in [-0.15, -0.1) is 28.1 Å². The molecule has 1 amide bonds. The molecule has 3 heterocycles. The first-order valence-electron chi connectivity index (χ1n) is 10.7. The third kappa shape index (κ3) is 5.50. The molecule has 10 heteroatoms. The maximum Gasteiger partial charge on any atom is 0.341 e. The molecule has 8 nitrogen and oxygen atoms in total. The molecule has 0 aliphatic carbocycles. The van der Waals surface area contributed by atoms with E-state index < -0.39 is 5.97 Å². The van der Waals surface area contributed by atoms with Gasteiger partial charge in [0.25, 0.3) is 0 Å². The Morgan fingerprint density at radius 2 is 2.00 bits per heavy atom. The lowest BCUT2D eigenvalue weighted by Gasteiger charge is -2.09. The zero-order valence-electron chi connectivity index (χ0n) is 19.2. The standard InChI is InChI=1S/C25H23N5O3S2/c1-4-12-30-22(18-6-5-11-26-13-18)28-29-25(30)35-15-20(31)27-23-21(24(32)33-3)19(14-34-23)17-9-7-16(2)8-10-17/h4-11,13-14H,1,12,15H2,2-3H3,(H,27,31). The van der Waals surface area contributed by atoms with Crippen LogP contribution in [-0.4, -0.2) is 44.5 Å². The first-order valence-corrected chi connectivity index (χ1v) is 12.5. The number of rotatable bonds is 9. The Kier molecular flexibility index (Phi) is 7.74. The lowest BCUT2D eigenvalue weighted by Crippen LogP contribution is -2.16. The van der Waals surface area contributed by atoms with Crippen molar-refractivity contribution in [1.29, 1.82) is 0 Å². The van der Waals surface area contributed by atoms with Crippen molar-refractivity contribution in [2.24, 2.45) is 0 Å². The van der Waals surface area contributed by atoms with Crippen LogP contribution in [0.4, 0.5) is 5.00 Å². The number of anilines is 1. The Morgan fingerprint density at radius 1 is 1.20 bits per heavy atom. The van der Waals surface area contributed by atoms with E-state index in [2.05, 4.69) is 27.1 Å². The number of thioether (sulfide) groups is 1. The SMILES string of the molecule is C=CCn1c(SCC(=O)Nc2scc(-c3ccc(C)cc3)c2C(=O)OC)nnc1-c1cccnc1. The second-order valence-electron chi connectivity index (χ2n) is 7.50. The van der Waals surface area contributed by atoms with Crippen molar-refractivity contribution in [1.82, 2.24) is 19.7 Å². The molecule has 0 unspecified atom stereocenters. The van der Waals surface area contributed by atoms with E-state index >= 15 is 0 Å². The molecule has 0 fully saturated rings. The van der Waals surface area contributed by atoms with Crippen LogP contribution >= 0.6 is 23.1 Å². The molecule has 1 N–H and O–H groups in total. The minimum absolute atomic E-state index is 0.0840. The molecular weight excluding hydrogens is 482 g/mol. The summed E-state index contributed by atoms with van der Waals surface area (Å²) in [7, 11) is 1.33. The summed E-state index contributed by atoms with van der Waals surface area (Å²) in [5.74, 6) is -0.0409. The first-order chi connectivity index (χ1) is 17.0. The number of nitrogens with zero attached hydrogens (tertiary/aromatic N) is 4. The minimum Gasteiger partial charge on any atom is -0.465 e. The van der Waals surface area contributed by atoms with Crippen molar-refractivity contribution in [2.45, 2.75) is 18.6 Å². The normalized spacial score (nSPS) is 10.7. The van der Waals surface area contributed by atoms with Gasteiger partial charge in [0.2, 0.25) is 5.91 Å². The largest absolute Gasteiger partial charge is 0.465 e. The highest BCUT2D eigenvalue weighted by molar-refractivity contribution is 7.99. The maximum absolute atomic E-state index is 12.8. The quantitative estimate of drug-likeness (QED) is 0.192. The van der Waals surface area contributed by atoms with Crippen LogP contribution < -0.4 is 5.32 Å². The van der Waals surface area contributed by atoms with E-state index in [0.717, 1.165) is 22.3 Å². The van der Waals surface area contributed by atoms with E-state index in [1.165, 1.54) is 30.2 Å². The highest BCUT2D eigenvalue weighted by Crippen LogP contribution is 2.36. The van der Waals surface area contributed by atoms with Gasteiger partial charge in [-0.3, -0.25) is 14.3 Å². The van der Waals surface area contributed by atoms with Crippen molar-refractivity contribution in [3.63, 3.8) is 0 Å². The number of ether oxygens (including phenoxy) is 1. The van der Waals surface area contributed by atoms with Gasteiger partial charge in [-0.25, -0.2) is 4.79 Å². The number of benzene rings is 1. The lowest BCUT2D eigenvalue weighted by molar-refractivity contribution is -0.113. The van der Waals surface area contributed by atoms with Gasteiger partial charge in [0, 0.05) is 35.4 Å². The number of carbonyl (C=O) groups is 2. The number of aromatic nitrogens is 4. The van der Waals surface area contributed by atoms with E-state index in [-0.39, 0.29) is 11.7 Å². The molecule has 4 aromatic rings. The van der Waals surface area contributed by atoms with Crippen LogP contribution in [0.5, 0.6) is 0 Å². The Labute approximate surface area is 211 Å². The molecule has 0 atom stereocenters. The van der Waals surface area contributed by atoms with Crippen LogP contribution in [0.2, 0.25) is 0 Å². The van der Waals surface area contributed by atoms with Gasteiger partial charge in [0.1, 0.15) is 10.6 Å². The van der Waals surface area contributed by atoms with Crippen LogP contribution in [0.1, 0.15) is 15.9 Å². The summed E-state index contributed by atoms with van der Waals surface area (Å²) in [4.78, 5) is 29.5. The van der Waals surface area contributed by atoms with Gasteiger partial charge in [-0.05, 0) is 24.6 Å². The highest BCUT2D eigenvalue weighted by Gasteiger charge is 2.23. The molecule has 35 heavy (non-hydrogen) atoms. The average Bonchev–Trinajstić information content (AvgIpc) is 3.47. The number of amides is 1. The second-order valence-corrected chi connectivity index (χ2v) is 9.32. The molecule has 0 saturated heterocycles. The number of hydrogen-bond acceptors (Lipinski definition) is 8. The van der Waals surface area contributed by atoms with Gasteiger partial charge in [-0.2, -0.15) is 0 Å². The smallest absolute Gasteiger partial charge is 0.341 e. The van der Waals surface area contributed by atoms with Gasteiger partial charge in [0.15, 0.2) is 11.0 Å². The Morgan fingerprint density at radius 3 is 2.69 bits per heavy atom. The van der Waals surface area contributed by atoms with Crippen LogP contribution in [-0.2, 0) is 16.1 Å². The molecule has 1 aromatic carbocycles. The minimum atomic E-state index is -0.503. The number of carbonyl (C=O) groups excluding carboxylic acids is 2. The first kappa shape index (κ1) is 24.4. The van der Waals surface area contributed by atoms with Gasteiger partial charge in [0.05, 0.1) is 12.9 Å². The molecule has 3 aromatic heterocycles. The highest BCUT2D eigenvalue weighted by atomic mass is 32.2. The van der Waals surface area contributed by atoms with Crippen molar-refractivity contribution >= 4 is 40.0 Å². The molecule has 0 saturated carbocycles. The Balaban J connectivity index is 1.52. The predicted octanol–water partition coefficient (Wildman–Crippen LogP) is 5.08.